The van der Waals surface area contributed by atoms with Crippen molar-refractivity contribution in [1.29, 1.82) is 0 Å². The van der Waals surface area contributed by atoms with Crippen LogP contribution in [0.25, 0.3) is 0 Å². The molecule has 0 fully saturated rings. The predicted molar refractivity (Wildman–Crippen MR) is 75.9 cm³/mol. The zero-order valence-corrected chi connectivity index (χ0v) is 11.9. The van der Waals surface area contributed by atoms with Crippen molar-refractivity contribution in [2.75, 3.05) is 0 Å². The van der Waals surface area contributed by atoms with E-state index in [4.69, 9.17) is 5.73 Å². The molecule has 0 aliphatic carbocycles. The van der Waals surface area contributed by atoms with Crippen LogP contribution in [0.4, 0.5) is 0 Å². The molecule has 5 nitrogen and oxygen atoms in total. The standard InChI is InChI=1S/C12H15N3O2S2/c13-7-10-1-3-11(4-2-10)9-19(16,17)15-8-12-14-5-6-18-12/h1-6,15H,7-9,13H2. The molecule has 0 amide bonds. The molecule has 0 atom stereocenters. The maximum atomic E-state index is 11.9. The van der Waals surface area contributed by atoms with Crippen molar-refractivity contribution in [2.24, 2.45) is 5.73 Å². The van der Waals surface area contributed by atoms with Gasteiger partial charge < -0.3 is 5.73 Å². The fourth-order valence-corrected chi connectivity index (χ4v) is 3.29. The second-order valence-corrected chi connectivity index (χ2v) is 6.81. The van der Waals surface area contributed by atoms with Crippen molar-refractivity contribution in [2.45, 2.75) is 18.8 Å². The van der Waals surface area contributed by atoms with Gasteiger partial charge in [-0.05, 0) is 11.1 Å². The third kappa shape index (κ3) is 4.39. The van der Waals surface area contributed by atoms with Crippen molar-refractivity contribution >= 4 is 21.4 Å². The Kier molecular flexibility index (Phi) is 4.65. The molecule has 0 aliphatic rings. The molecule has 0 radical (unpaired) electrons. The molecular weight excluding hydrogens is 282 g/mol. The summed E-state index contributed by atoms with van der Waals surface area (Å²) in [5.74, 6) is -0.0385. The van der Waals surface area contributed by atoms with Gasteiger partial charge in [-0.1, -0.05) is 24.3 Å². The van der Waals surface area contributed by atoms with Gasteiger partial charge in [-0.3, -0.25) is 0 Å². The second kappa shape index (κ2) is 6.25. The first-order valence-corrected chi connectivity index (χ1v) is 8.26. The molecule has 0 spiro atoms. The van der Waals surface area contributed by atoms with E-state index in [9.17, 15) is 8.42 Å². The van der Waals surface area contributed by atoms with Crippen LogP contribution in [-0.2, 0) is 28.9 Å². The molecule has 3 N–H and O–H groups in total. The van der Waals surface area contributed by atoms with E-state index in [2.05, 4.69) is 9.71 Å². The van der Waals surface area contributed by atoms with Crippen LogP contribution in [0.15, 0.2) is 35.8 Å². The third-order valence-corrected chi connectivity index (χ3v) is 4.62. The van der Waals surface area contributed by atoms with Crippen LogP contribution in [0.3, 0.4) is 0 Å². The van der Waals surface area contributed by atoms with E-state index in [1.54, 1.807) is 18.3 Å². The molecule has 1 aromatic carbocycles. The zero-order valence-electron chi connectivity index (χ0n) is 10.2. The number of sulfonamides is 1. The van der Waals surface area contributed by atoms with E-state index in [1.165, 1.54) is 11.3 Å². The largest absolute Gasteiger partial charge is 0.326 e. The normalized spacial score (nSPS) is 11.6. The lowest BCUT2D eigenvalue weighted by atomic mass is 10.1. The number of benzene rings is 1. The summed E-state index contributed by atoms with van der Waals surface area (Å²) < 4.78 is 26.3. The van der Waals surface area contributed by atoms with Crippen LogP contribution in [-0.4, -0.2) is 13.4 Å². The lowest BCUT2D eigenvalue weighted by Crippen LogP contribution is -2.24. The van der Waals surface area contributed by atoms with Crippen LogP contribution in [0.5, 0.6) is 0 Å². The fourth-order valence-electron chi connectivity index (χ4n) is 1.55. The number of aromatic nitrogens is 1. The number of nitrogens with two attached hydrogens (primary N) is 1. The molecule has 2 rings (SSSR count). The minimum absolute atomic E-state index is 0.0385. The smallest absolute Gasteiger partial charge is 0.216 e. The highest BCUT2D eigenvalue weighted by Crippen LogP contribution is 2.09. The van der Waals surface area contributed by atoms with Gasteiger partial charge in [0.1, 0.15) is 5.01 Å². The third-order valence-electron chi connectivity index (χ3n) is 2.54. The minimum Gasteiger partial charge on any atom is -0.326 e. The van der Waals surface area contributed by atoms with E-state index in [0.717, 1.165) is 16.1 Å². The summed E-state index contributed by atoms with van der Waals surface area (Å²) in [5, 5.41) is 2.57. The van der Waals surface area contributed by atoms with Gasteiger partial charge in [-0.15, -0.1) is 11.3 Å². The van der Waals surface area contributed by atoms with Gasteiger partial charge in [-0.2, -0.15) is 0 Å². The van der Waals surface area contributed by atoms with Crippen molar-refractivity contribution in [3.05, 3.63) is 52.0 Å². The van der Waals surface area contributed by atoms with Gasteiger partial charge in [0.25, 0.3) is 0 Å². The molecule has 0 unspecified atom stereocenters. The number of thiazole rings is 1. The first kappa shape index (κ1) is 14.1. The highest BCUT2D eigenvalue weighted by molar-refractivity contribution is 7.88. The average molecular weight is 297 g/mol. The molecule has 0 aliphatic heterocycles. The quantitative estimate of drug-likeness (QED) is 0.839. The SMILES string of the molecule is NCc1ccc(CS(=O)(=O)NCc2nccs2)cc1. The van der Waals surface area contributed by atoms with Gasteiger partial charge in [-0.25, -0.2) is 18.1 Å². The molecule has 2 aromatic rings. The Morgan fingerprint density at radius 1 is 1.21 bits per heavy atom. The molecule has 102 valence electrons. The van der Waals surface area contributed by atoms with E-state index in [-0.39, 0.29) is 12.3 Å². The Morgan fingerprint density at radius 3 is 2.47 bits per heavy atom. The number of nitrogens with one attached hydrogen (secondary N) is 1. The summed E-state index contributed by atoms with van der Waals surface area (Å²) in [6.45, 7) is 0.691. The van der Waals surface area contributed by atoms with E-state index in [0.29, 0.717) is 6.54 Å². The molecule has 0 saturated carbocycles. The molecule has 0 saturated heterocycles. The highest BCUT2D eigenvalue weighted by atomic mass is 32.2. The highest BCUT2D eigenvalue weighted by Gasteiger charge is 2.11. The van der Waals surface area contributed by atoms with Crippen molar-refractivity contribution in [3.8, 4) is 0 Å². The molecule has 1 heterocycles. The average Bonchev–Trinajstić information content (AvgIpc) is 2.90. The Balaban J connectivity index is 1.96. The van der Waals surface area contributed by atoms with Crippen LogP contribution < -0.4 is 10.5 Å². The van der Waals surface area contributed by atoms with E-state index in [1.807, 2.05) is 17.5 Å². The Hall–Kier alpha value is -1.28. The topological polar surface area (TPSA) is 85.1 Å². The lowest BCUT2D eigenvalue weighted by molar-refractivity contribution is 0.580. The van der Waals surface area contributed by atoms with Gasteiger partial charge in [0.05, 0.1) is 12.3 Å². The van der Waals surface area contributed by atoms with E-state index < -0.39 is 10.0 Å². The van der Waals surface area contributed by atoms with Crippen LogP contribution in [0.1, 0.15) is 16.1 Å². The van der Waals surface area contributed by atoms with Crippen LogP contribution >= 0.6 is 11.3 Å². The zero-order chi connectivity index (χ0) is 13.7. The van der Waals surface area contributed by atoms with Crippen molar-refractivity contribution < 1.29 is 8.42 Å². The Bertz CT molecular complexity index is 607. The summed E-state index contributed by atoms with van der Waals surface area (Å²) >= 11 is 1.42. The fraction of sp³-hybridized carbons (Fsp3) is 0.250. The first-order valence-electron chi connectivity index (χ1n) is 5.72. The van der Waals surface area contributed by atoms with Crippen LogP contribution in [0.2, 0.25) is 0 Å². The van der Waals surface area contributed by atoms with Gasteiger partial charge in [0.15, 0.2) is 0 Å². The van der Waals surface area contributed by atoms with Crippen molar-refractivity contribution in [3.63, 3.8) is 0 Å². The van der Waals surface area contributed by atoms with Gasteiger partial charge >= 0.3 is 0 Å². The van der Waals surface area contributed by atoms with Crippen molar-refractivity contribution in [1.82, 2.24) is 9.71 Å². The summed E-state index contributed by atoms with van der Waals surface area (Å²) in [4.78, 5) is 4.03. The number of hydrogen-bond acceptors (Lipinski definition) is 5. The summed E-state index contributed by atoms with van der Waals surface area (Å²) in [6, 6.07) is 7.24. The molecule has 7 heteroatoms. The summed E-state index contributed by atoms with van der Waals surface area (Å²) in [7, 11) is -3.34. The molecule has 1 aromatic heterocycles. The maximum Gasteiger partial charge on any atom is 0.216 e. The number of rotatable bonds is 6. The monoisotopic (exact) mass is 297 g/mol. The van der Waals surface area contributed by atoms with Gasteiger partial charge in [0, 0.05) is 18.1 Å². The lowest BCUT2D eigenvalue weighted by Gasteiger charge is -2.06. The van der Waals surface area contributed by atoms with Gasteiger partial charge in [0.2, 0.25) is 10.0 Å². The molecular formula is C12H15N3O2S2. The number of hydrogen-bond donors (Lipinski definition) is 2. The summed E-state index contributed by atoms with van der Waals surface area (Å²) in [5.41, 5.74) is 7.22. The Morgan fingerprint density at radius 2 is 1.89 bits per heavy atom. The summed E-state index contributed by atoms with van der Waals surface area (Å²) in [6.07, 6.45) is 1.65. The minimum atomic E-state index is -3.34. The molecule has 0 bridgehead atoms. The Labute approximate surface area is 116 Å². The maximum absolute atomic E-state index is 11.9. The second-order valence-electron chi connectivity index (χ2n) is 4.03. The van der Waals surface area contributed by atoms with E-state index >= 15 is 0 Å². The predicted octanol–water partition coefficient (Wildman–Crippen LogP) is 1.22. The number of nitrogens with zero attached hydrogens (tertiary/aromatic N) is 1. The molecule has 19 heavy (non-hydrogen) atoms. The first-order chi connectivity index (χ1) is 9.09. The van der Waals surface area contributed by atoms with Crippen LogP contribution in [0, 0.1) is 0 Å².